The monoisotopic (exact) mass is 565 g/mol. The Morgan fingerprint density at radius 2 is 1.54 bits per heavy atom. The lowest BCUT2D eigenvalue weighted by Gasteiger charge is -2.20. The van der Waals surface area contributed by atoms with E-state index in [2.05, 4.69) is 9.84 Å². The van der Waals surface area contributed by atoms with E-state index in [4.69, 9.17) is 4.74 Å². The maximum atomic E-state index is 14.5. The zero-order chi connectivity index (χ0) is 27.7. The third-order valence-corrected chi connectivity index (χ3v) is 8.11. The minimum Gasteiger partial charge on any atom is -0.458 e. The van der Waals surface area contributed by atoms with Crippen molar-refractivity contribution in [3.05, 3.63) is 90.1 Å². The Bertz CT molecular complexity index is 1600. The number of hydrogen-bond acceptors (Lipinski definition) is 5. The SMILES string of the molecule is O=S(=O)(c1c(F)c(F)c(F)c(F)c1OCF)N1CCC(n2ccc(-c3ccc(Oc4ccccc4)cc3)n2)C1. The van der Waals surface area contributed by atoms with Crippen molar-refractivity contribution < 1.29 is 39.8 Å². The molecule has 3 aromatic carbocycles. The summed E-state index contributed by atoms with van der Waals surface area (Å²) < 4.78 is 107. The lowest BCUT2D eigenvalue weighted by atomic mass is 10.1. The average molecular weight is 566 g/mol. The summed E-state index contributed by atoms with van der Waals surface area (Å²) >= 11 is 0. The van der Waals surface area contributed by atoms with Crippen molar-refractivity contribution in [2.45, 2.75) is 17.4 Å². The quantitative estimate of drug-likeness (QED) is 0.153. The molecule has 0 amide bonds. The summed E-state index contributed by atoms with van der Waals surface area (Å²) in [6, 6.07) is 17.6. The average Bonchev–Trinajstić information content (AvgIpc) is 3.62. The molecule has 0 radical (unpaired) electrons. The predicted molar refractivity (Wildman–Crippen MR) is 129 cm³/mol. The molecule has 1 aliphatic rings. The fraction of sp³-hybridized carbons (Fsp3) is 0.192. The largest absolute Gasteiger partial charge is 0.458 e. The standard InChI is InChI=1S/C26H20F5N3O4S/c27-15-37-25-23(30)21(28)22(29)24(31)26(25)39(35,36)33-12-10-17(14-33)34-13-11-20(32-34)16-6-8-19(9-7-16)38-18-4-2-1-3-5-18/h1-9,11,13,17H,10,12,14-15H2. The fourth-order valence-electron chi connectivity index (χ4n) is 4.29. The van der Waals surface area contributed by atoms with Crippen LogP contribution in [0.5, 0.6) is 17.2 Å². The number of rotatable bonds is 8. The van der Waals surface area contributed by atoms with Gasteiger partial charge in [-0.1, -0.05) is 18.2 Å². The van der Waals surface area contributed by atoms with Gasteiger partial charge in [-0.2, -0.15) is 13.8 Å². The van der Waals surface area contributed by atoms with Crippen LogP contribution in [0.1, 0.15) is 12.5 Å². The highest BCUT2D eigenvalue weighted by molar-refractivity contribution is 7.89. The molecule has 204 valence electrons. The van der Waals surface area contributed by atoms with Gasteiger partial charge < -0.3 is 9.47 Å². The fourth-order valence-corrected chi connectivity index (χ4v) is 5.96. The van der Waals surface area contributed by atoms with Gasteiger partial charge in [0, 0.05) is 24.8 Å². The first-order valence-corrected chi connectivity index (χ1v) is 13.1. The number of aromatic nitrogens is 2. The van der Waals surface area contributed by atoms with E-state index in [-0.39, 0.29) is 19.5 Å². The molecule has 1 fully saturated rings. The Hall–Kier alpha value is -3.97. The molecule has 39 heavy (non-hydrogen) atoms. The molecule has 0 saturated carbocycles. The number of alkyl halides is 1. The molecule has 2 heterocycles. The van der Waals surface area contributed by atoms with Gasteiger partial charge in [0.05, 0.1) is 11.7 Å². The first-order valence-electron chi connectivity index (χ1n) is 11.6. The zero-order valence-corrected chi connectivity index (χ0v) is 20.8. The molecular formula is C26H20F5N3O4S. The molecule has 0 N–H and O–H groups in total. The van der Waals surface area contributed by atoms with E-state index in [1.165, 1.54) is 4.68 Å². The first kappa shape index (κ1) is 26.6. The first-order chi connectivity index (χ1) is 18.7. The van der Waals surface area contributed by atoms with Crippen LogP contribution in [0.15, 0.2) is 71.8 Å². The number of halogens is 5. The molecule has 1 aromatic heterocycles. The maximum absolute atomic E-state index is 14.5. The third kappa shape index (κ3) is 5.06. The third-order valence-electron chi connectivity index (χ3n) is 6.22. The molecule has 1 aliphatic heterocycles. The lowest BCUT2D eigenvalue weighted by Crippen LogP contribution is -2.31. The Kier molecular flexibility index (Phi) is 7.28. The van der Waals surface area contributed by atoms with E-state index in [0.29, 0.717) is 17.2 Å². The normalized spacial score (nSPS) is 16.0. The number of nitrogens with zero attached hydrogens (tertiary/aromatic N) is 3. The van der Waals surface area contributed by atoms with Gasteiger partial charge in [-0.25, -0.2) is 26.0 Å². The topological polar surface area (TPSA) is 73.7 Å². The van der Waals surface area contributed by atoms with Gasteiger partial charge in [-0.3, -0.25) is 4.68 Å². The van der Waals surface area contributed by atoms with Gasteiger partial charge in [0.2, 0.25) is 28.5 Å². The molecule has 0 spiro atoms. The van der Waals surface area contributed by atoms with Gasteiger partial charge in [0.25, 0.3) is 0 Å². The summed E-state index contributed by atoms with van der Waals surface area (Å²) in [4.78, 5) is -1.60. The van der Waals surface area contributed by atoms with Crippen molar-refractivity contribution in [1.82, 2.24) is 14.1 Å². The maximum Gasteiger partial charge on any atom is 0.250 e. The summed E-state index contributed by atoms with van der Waals surface area (Å²) in [5, 5.41) is 4.51. The second-order valence-corrected chi connectivity index (χ2v) is 10.5. The highest BCUT2D eigenvalue weighted by Crippen LogP contribution is 2.38. The Morgan fingerprint density at radius 3 is 2.23 bits per heavy atom. The molecule has 13 heteroatoms. The highest BCUT2D eigenvalue weighted by atomic mass is 32.2. The number of ether oxygens (including phenoxy) is 2. The van der Waals surface area contributed by atoms with Crippen molar-refractivity contribution in [3.8, 4) is 28.5 Å². The molecular weight excluding hydrogens is 545 g/mol. The molecule has 5 rings (SSSR count). The van der Waals surface area contributed by atoms with Crippen LogP contribution >= 0.6 is 0 Å². The van der Waals surface area contributed by atoms with E-state index >= 15 is 0 Å². The molecule has 1 saturated heterocycles. The molecule has 0 aliphatic carbocycles. The molecule has 1 atom stereocenters. The van der Waals surface area contributed by atoms with Gasteiger partial charge in [0.1, 0.15) is 11.5 Å². The Morgan fingerprint density at radius 1 is 0.872 bits per heavy atom. The van der Waals surface area contributed by atoms with Crippen LogP contribution < -0.4 is 9.47 Å². The van der Waals surface area contributed by atoms with Gasteiger partial charge >= 0.3 is 0 Å². The van der Waals surface area contributed by atoms with Crippen LogP contribution in [-0.2, 0) is 10.0 Å². The van der Waals surface area contributed by atoms with Crippen LogP contribution in [-0.4, -0.2) is 42.5 Å². The zero-order valence-electron chi connectivity index (χ0n) is 20.0. The van der Waals surface area contributed by atoms with Crippen LogP contribution in [0.4, 0.5) is 22.0 Å². The summed E-state index contributed by atoms with van der Waals surface area (Å²) in [5.41, 5.74) is 1.36. The van der Waals surface area contributed by atoms with E-state index < -0.39 is 56.8 Å². The van der Waals surface area contributed by atoms with E-state index in [0.717, 1.165) is 9.87 Å². The predicted octanol–water partition coefficient (Wildman–Crippen LogP) is 5.84. The number of benzene rings is 3. The summed E-state index contributed by atoms with van der Waals surface area (Å²) in [7, 11) is -4.94. The second-order valence-electron chi connectivity index (χ2n) is 8.59. The van der Waals surface area contributed by atoms with Gasteiger partial charge in [0.15, 0.2) is 22.3 Å². The molecule has 7 nitrogen and oxygen atoms in total. The minimum absolute atomic E-state index is 0.164. The van der Waals surface area contributed by atoms with Crippen molar-refractivity contribution in [3.63, 3.8) is 0 Å². The summed E-state index contributed by atoms with van der Waals surface area (Å²) in [6.07, 6.45) is 1.87. The van der Waals surface area contributed by atoms with Crippen LogP contribution in [0.25, 0.3) is 11.3 Å². The smallest absolute Gasteiger partial charge is 0.250 e. The number of para-hydroxylation sites is 1. The Balaban J connectivity index is 1.34. The summed E-state index contributed by atoms with van der Waals surface area (Å²) in [6.45, 7) is -2.19. The van der Waals surface area contributed by atoms with E-state index in [9.17, 15) is 30.4 Å². The number of hydrogen-bond donors (Lipinski definition) is 0. The van der Waals surface area contributed by atoms with Crippen molar-refractivity contribution >= 4 is 10.0 Å². The highest BCUT2D eigenvalue weighted by Gasteiger charge is 2.41. The lowest BCUT2D eigenvalue weighted by molar-refractivity contribution is 0.173. The van der Waals surface area contributed by atoms with Gasteiger partial charge in [-0.05, 0) is 48.9 Å². The van der Waals surface area contributed by atoms with Crippen LogP contribution in [0.3, 0.4) is 0 Å². The van der Waals surface area contributed by atoms with Crippen LogP contribution in [0, 0.1) is 23.3 Å². The van der Waals surface area contributed by atoms with Crippen LogP contribution in [0.2, 0.25) is 0 Å². The van der Waals surface area contributed by atoms with Gasteiger partial charge in [-0.15, -0.1) is 0 Å². The minimum atomic E-state index is -4.94. The second kappa shape index (κ2) is 10.7. The Labute approximate surface area is 220 Å². The molecule has 1 unspecified atom stereocenters. The summed E-state index contributed by atoms with van der Waals surface area (Å²) in [5.74, 6) is -9.23. The molecule has 0 bridgehead atoms. The van der Waals surface area contributed by atoms with E-state index in [1.807, 2.05) is 42.5 Å². The van der Waals surface area contributed by atoms with Crippen molar-refractivity contribution in [2.24, 2.45) is 0 Å². The van der Waals surface area contributed by atoms with E-state index in [1.54, 1.807) is 24.4 Å². The number of sulfonamides is 1. The van der Waals surface area contributed by atoms with Crippen molar-refractivity contribution in [2.75, 3.05) is 20.0 Å². The van der Waals surface area contributed by atoms with Crippen molar-refractivity contribution in [1.29, 1.82) is 0 Å². The molecule has 4 aromatic rings.